The van der Waals surface area contributed by atoms with Crippen molar-refractivity contribution in [2.45, 2.75) is 13.0 Å². The van der Waals surface area contributed by atoms with Gasteiger partial charge in [0.25, 0.3) is 0 Å². The molecular formula is C24H20F2N4O2. The molecule has 2 aromatic carbocycles. The van der Waals surface area contributed by atoms with Crippen LogP contribution in [0.1, 0.15) is 11.1 Å². The van der Waals surface area contributed by atoms with Crippen molar-refractivity contribution < 1.29 is 18.3 Å². The van der Waals surface area contributed by atoms with Gasteiger partial charge in [0.05, 0.1) is 12.8 Å². The Labute approximate surface area is 183 Å². The minimum Gasteiger partial charge on any atom is -0.497 e. The number of ether oxygens (including phenoxy) is 2. The largest absolute Gasteiger partial charge is 0.497 e. The fourth-order valence-corrected chi connectivity index (χ4v) is 3.36. The highest BCUT2D eigenvalue weighted by Gasteiger charge is 2.14. The van der Waals surface area contributed by atoms with Gasteiger partial charge in [-0.3, -0.25) is 4.98 Å². The van der Waals surface area contributed by atoms with Gasteiger partial charge in [0.1, 0.15) is 11.5 Å². The van der Waals surface area contributed by atoms with Crippen molar-refractivity contribution >= 4 is 5.95 Å². The second-order valence-corrected chi connectivity index (χ2v) is 7.00. The smallest absolute Gasteiger partial charge is 0.387 e. The number of nitrogens with zero attached hydrogens (tertiary/aromatic N) is 3. The number of hydrogen-bond acceptors (Lipinski definition) is 6. The van der Waals surface area contributed by atoms with E-state index in [1.165, 1.54) is 6.07 Å². The van der Waals surface area contributed by atoms with Crippen molar-refractivity contribution in [3.8, 4) is 33.9 Å². The van der Waals surface area contributed by atoms with Crippen molar-refractivity contribution in [2.75, 3.05) is 12.8 Å². The lowest BCUT2D eigenvalue weighted by Gasteiger charge is -2.14. The van der Waals surface area contributed by atoms with Crippen LogP contribution in [0.15, 0.2) is 73.2 Å². The molecular weight excluding hydrogens is 414 g/mol. The number of pyridine rings is 1. The molecule has 0 radical (unpaired) electrons. The lowest BCUT2D eigenvalue weighted by Crippen LogP contribution is -2.02. The van der Waals surface area contributed by atoms with Crippen LogP contribution < -0.4 is 15.2 Å². The van der Waals surface area contributed by atoms with Gasteiger partial charge in [-0.2, -0.15) is 8.78 Å². The first-order valence-corrected chi connectivity index (χ1v) is 9.77. The van der Waals surface area contributed by atoms with Gasteiger partial charge in [-0.15, -0.1) is 0 Å². The monoisotopic (exact) mass is 434 g/mol. The predicted octanol–water partition coefficient (Wildman–Crippen LogP) is 4.99. The number of benzene rings is 2. The molecule has 0 aliphatic heterocycles. The van der Waals surface area contributed by atoms with E-state index in [-0.39, 0.29) is 11.7 Å². The molecule has 0 amide bonds. The number of nitrogen functional groups attached to an aromatic ring is 1. The Hall–Kier alpha value is -4.07. The van der Waals surface area contributed by atoms with Crippen LogP contribution in [-0.4, -0.2) is 28.7 Å². The molecule has 8 heteroatoms. The molecule has 162 valence electrons. The molecule has 0 saturated carbocycles. The molecule has 0 saturated heterocycles. The fourth-order valence-electron chi connectivity index (χ4n) is 3.36. The van der Waals surface area contributed by atoms with Crippen molar-refractivity contribution in [1.82, 2.24) is 15.0 Å². The van der Waals surface area contributed by atoms with Gasteiger partial charge in [0, 0.05) is 36.1 Å². The standard InChI is InChI=1S/C24H20F2N4O2/c1-31-19-6-2-4-17(10-19)21-9-15(8-16-13-29-24(27)30-14-16)12-28-22(21)18-5-3-7-20(11-18)32-23(25)26/h2-7,9-14,23H,8H2,1H3,(H2,27,29,30). The average molecular weight is 434 g/mol. The van der Waals surface area contributed by atoms with Crippen LogP contribution >= 0.6 is 0 Å². The van der Waals surface area contributed by atoms with Crippen LogP contribution in [0.25, 0.3) is 22.4 Å². The van der Waals surface area contributed by atoms with Gasteiger partial charge in [-0.25, -0.2) is 9.97 Å². The molecule has 4 aromatic rings. The summed E-state index contributed by atoms with van der Waals surface area (Å²) in [5.74, 6) is 0.977. The van der Waals surface area contributed by atoms with Gasteiger partial charge < -0.3 is 15.2 Å². The number of alkyl halides is 2. The number of halogens is 2. The van der Waals surface area contributed by atoms with Crippen LogP contribution in [0, 0.1) is 0 Å². The van der Waals surface area contributed by atoms with Crippen LogP contribution in [0.4, 0.5) is 14.7 Å². The Bertz CT molecular complexity index is 1220. The number of hydrogen-bond donors (Lipinski definition) is 1. The topological polar surface area (TPSA) is 83.2 Å². The molecule has 2 aromatic heterocycles. The van der Waals surface area contributed by atoms with Crippen LogP contribution in [-0.2, 0) is 6.42 Å². The molecule has 0 aliphatic carbocycles. The second-order valence-electron chi connectivity index (χ2n) is 7.00. The fraction of sp³-hybridized carbons (Fsp3) is 0.125. The molecule has 2 heterocycles. The number of nitrogens with two attached hydrogens (primary N) is 1. The summed E-state index contributed by atoms with van der Waals surface area (Å²) in [6.07, 6.45) is 5.65. The van der Waals surface area contributed by atoms with E-state index in [1.54, 1.807) is 43.9 Å². The SMILES string of the molecule is COc1cccc(-c2cc(Cc3cnc(N)nc3)cnc2-c2cccc(OC(F)F)c2)c1. The average Bonchev–Trinajstić information content (AvgIpc) is 2.80. The summed E-state index contributed by atoms with van der Waals surface area (Å²) in [6, 6.07) is 16.1. The molecule has 0 unspecified atom stereocenters. The van der Waals surface area contributed by atoms with Crippen LogP contribution in [0.2, 0.25) is 0 Å². The summed E-state index contributed by atoms with van der Waals surface area (Å²) in [4.78, 5) is 12.7. The molecule has 0 fully saturated rings. The van der Waals surface area contributed by atoms with Crippen molar-refractivity contribution in [3.05, 3.63) is 84.3 Å². The molecule has 0 spiro atoms. The third-order valence-electron chi connectivity index (χ3n) is 4.79. The molecule has 0 bridgehead atoms. The second kappa shape index (κ2) is 9.38. The van der Waals surface area contributed by atoms with E-state index >= 15 is 0 Å². The van der Waals surface area contributed by atoms with E-state index in [2.05, 4.69) is 19.7 Å². The third-order valence-corrected chi connectivity index (χ3v) is 4.79. The summed E-state index contributed by atoms with van der Waals surface area (Å²) >= 11 is 0. The zero-order valence-electron chi connectivity index (χ0n) is 17.2. The summed E-state index contributed by atoms with van der Waals surface area (Å²) in [5, 5.41) is 0. The predicted molar refractivity (Wildman–Crippen MR) is 118 cm³/mol. The lowest BCUT2D eigenvalue weighted by molar-refractivity contribution is -0.0498. The van der Waals surface area contributed by atoms with E-state index in [0.29, 0.717) is 23.4 Å². The summed E-state index contributed by atoms with van der Waals surface area (Å²) in [5.41, 5.74) is 10.4. The van der Waals surface area contributed by atoms with Gasteiger partial charge >= 0.3 is 6.61 Å². The van der Waals surface area contributed by atoms with E-state index in [0.717, 1.165) is 22.3 Å². The maximum absolute atomic E-state index is 12.7. The third kappa shape index (κ3) is 4.97. The van der Waals surface area contributed by atoms with E-state index in [9.17, 15) is 8.78 Å². The van der Waals surface area contributed by atoms with Gasteiger partial charge in [0.15, 0.2) is 0 Å². The van der Waals surface area contributed by atoms with E-state index in [4.69, 9.17) is 10.5 Å². The minimum atomic E-state index is -2.90. The molecule has 2 N–H and O–H groups in total. The van der Waals surface area contributed by atoms with E-state index < -0.39 is 6.61 Å². The van der Waals surface area contributed by atoms with Crippen molar-refractivity contribution in [1.29, 1.82) is 0 Å². The zero-order valence-corrected chi connectivity index (χ0v) is 17.2. The Balaban J connectivity index is 1.79. The van der Waals surface area contributed by atoms with E-state index in [1.807, 2.05) is 30.3 Å². The summed E-state index contributed by atoms with van der Waals surface area (Å²) in [6.45, 7) is -2.90. The Kier molecular flexibility index (Phi) is 6.21. The summed E-state index contributed by atoms with van der Waals surface area (Å²) < 4.78 is 35.3. The Morgan fingerprint density at radius 2 is 1.50 bits per heavy atom. The maximum atomic E-state index is 12.7. The number of aromatic nitrogens is 3. The lowest BCUT2D eigenvalue weighted by atomic mass is 9.96. The highest BCUT2D eigenvalue weighted by Crippen LogP contribution is 2.34. The van der Waals surface area contributed by atoms with Crippen molar-refractivity contribution in [3.63, 3.8) is 0 Å². The van der Waals surface area contributed by atoms with Gasteiger partial charge in [-0.05, 0) is 47.0 Å². The highest BCUT2D eigenvalue weighted by atomic mass is 19.3. The summed E-state index contributed by atoms with van der Waals surface area (Å²) in [7, 11) is 1.60. The minimum absolute atomic E-state index is 0.0685. The quantitative estimate of drug-likeness (QED) is 0.441. The maximum Gasteiger partial charge on any atom is 0.387 e. The van der Waals surface area contributed by atoms with Crippen molar-refractivity contribution in [2.24, 2.45) is 0 Å². The number of anilines is 1. The molecule has 0 atom stereocenters. The van der Waals surface area contributed by atoms with Gasteiger partial charge in [-0.1, -0.05) is 24.3 Å². The first kappa shape index (κ1) is 21.2. The van der Waals surface area contributed by atoms with Crippen LogP contribution in [0.3, 0.4) is 0 Å². The number of methoxy groups -OCH3 is 1. The Morgan fingerprint density at radius 3 is 2.22 bits per heavy atom. The normalized spacial score (nSPS) is 10.9. The molecule has 0 aliphatic rings. The Morgan fingerprint density at radius 1 is 0.844 bits per heavy atom. The first-order valence-electron chi connectivity index (χ1n) is 9.77. The molecule has 32 heavy (non-hydrogen) atoms. The molecule has 6 nitrogen and oxygen atoms in total. The van der Waals surface area contributed by atoms with Crippen LogP contribution in [0.5, 0.6) is 11.5 Å². The number of rotatable bonds is 7. The highest BCUT2D eigenvalue weighted by molar-refractivity contribution is 5.82. The zero-order chi connectivity index (χ0) is 22.5. The molecule has 4 rings (SSSR count). The first-order chi connectivity index (χ1) is 15.5. The van der Waals surface area contributed by atoms with Gasteiger partial charge in [0.2, 0.25) is 5.95 Å².